The zero-order valence-electron chi connectivity index (χ0n) is 11.2. The van der Waals surface area contributed by atoms with Crippen molar-refractivity contribution in [2.24, 2.45) is 11.7 Å². The highest BCUT2D eigenvalue weighted by atomic mass is 19.1. The van der Waals surface area contributed by atoms with E-state index in [0.717, 1.165) is 18.9 Å². The van der Waals surface area contributed by atoms with Gasteiger partial charge in [0, 0.05) is 12.5 Å². The van der Waals surface area contributed by atoms with E-state index in [1.807, 2.05) is 0 Å². The topological polar surface area (TPSA) is 81.4 Å². The smallest absolute Gasteiger partial charge is 0.337 e. The van der Waals surface area contributed by atoms with Crippen molar-refractivity contribution in [3.05, 3.63) is 29.6 Å². The van der Waals surface area contributed by atoms with Crippen LogP contribution in [0.1, 0.15) is 29.6 Å². The third-order valence-corrected chi connectivity index (χ3v) is 3.31. The van der Waals surface area contributed by atoms with Crippen molar-refractivity contribution in [3.63, 3.8) is 0 Å². The van der Waals surface area contributed by atoms with Crippen LogP contribution in [-0.2, 0) is 9.53 Å². The van der Waals surface area contributed by atoms with Gasteiger partial charge in [-0.1, -0.05) is 0 Å². The van der Waals surface area contributed by atoms with E-state index in [-0.39, 0.29) is 29.6 Å². The number of rotatable bonds is 5. The molecule has 1 unspecified atom stereocenters. The highest BCUT2D eigenvalue weighted by Gasteiger charge is 2.29. The minimum atomic E-state index is -0.606. The lowest BCUT2D eigenvalue weighted by Gasteiger charge is -2.11. The molecular weight excluding hydrogens is 263 g/mol. The number of benzene rings is 1. The number of anilines is 1. The van der Waals surface area contributed by atoms with Gasteiger partial charge in [-0.25, -0.2) is 9.18 Å². The summed E-state index contributed by atoms with van der Waals surface area (Å²) in [6.07, 6.45) is 2.23. The average Bonchev–Trinajstić information content (AvgIpc) is 3.24. The number of nitrogens with two attached hydrogens (primary N) is 1. The summed E-state index contributed by atoms with van der Waals surface area (Å²) < 4.78 is 18.2. The molecule has 1 aromatic rings. The Morgan fingerprint density at radius 3 is 2.80 bits per heavy atom. The van der Waals surface area contributed by atoms with E-state index in [0.29, 0.717) is 5.92 Å². The Balaban J connectivity index is 2.03. The van der Waals surface area contributed by atoms with E-state index in [4.69, 9.17) is 5.73 Å². The van der Waals surface area contributed by atoms with Crippen molar-refractivity contribution >= 4 is 17.6 Å². The number of amides is 1. The van der Waals surface area contributed by atoms with Crippen LogP contribution < -0.4 is 11.1 Å². The first-order valence-corrected chi connectivity index (χ1v) is 6.44. The van der Waals surface area contributed by atoms with Crippen molar-refractivity contribution in [3.8, 4) is 0 Å². The summed E-state index contributed by atoms with van der Waals surface area (Å²) in [5.74, 6) is -1.15. The predicted molar refractivity (Wildman–Crippen MR) is 71.7 cm³/mol. The number of ether oxygens (including phenoxy) is 1. The predicted octanol–water partition coefficient (Wildman–Crippen LogP) is 1.68. The molecule has 6 heteroatoms. The molecule has 0 aliphatic heterocycles. The van der Waals surface area contributed by atoms with Crippen LogP contribution >= 0.6 is 0 Å². The van der Waals surface area contributed by atoms with Crippen LogP contribution in [0.4, 0.5) is 10.1 Å². The zero-order chi connectivity index (χ0) is 14.7. The molecule has 0 heterocycles. The lowest BCUT2D eigenvalue weighted by Crippen LogP contribution is -2.29. The van der Waals surface area contributed by atoms with Gasteiger partial charge in [0.15, 0.2) is 0 Å². The van der Waals surface area contributed by atoms with E-state index in [2.05, 4.69) is 10.1 Å². The Bertz CT molecular complexity index is 529. The van der Waals surface area contributed by atoms with Gasteiger partial charge in [0.2, 0.25) is 5.91 Å². The van der Waals surface area contributed by atoms with Crippen LogP contribution in [0, 0.1) is 11.7 Å². The van der Waals surface area contributed by atoms with E-state index < -0.39 is 11.8 Å². The average molecular weight is 280 g/mol. The Hall–Kier alpha value is -1.95. The van der Waals surface area contributed by atoms with Gasteiger partial charge in [0.1, 0.15) is 5.82 Å². The highest BCUT2D eigenvalue weighted by Crippen LogP contribution is 2.32. The van der Waals surface area contributed by atoms with Gasteiger partial charge in [-0.2, -0.15) is 0 Å². The molecule has 5 nitrogen and oxygen atoms in total. The van der Waals surface area contributed by atoms with Crippen LogP contribution in [0.3, 0.4) is 0 Å². The molecule has 0 radical (unpaired) electrons. The normalized spacial score (nSPS) is 15.6. The van der Waals surface area contributed by atoms with Crippen LogP contribution in [-0.4, -0.2) is 25.0 Å². The molecule has 1 aliphatic rings. The van der Waals surface area contributed by atoms with Gasteiger partial charge in [-0.05, 0) is 37.0 Å². The third kappa shape index (κ3) is 3.54. The third-order valence-electron chi connectivity index (χ3n) is 3.31. The number of carbonyl (C=O) groups is 2. The molecule has 0 bridgehead atoms. The van der Waals surface area contributed by atoms with Crippen LogP contribution in [0.15, 0.2) is 18.2 Å². The van der Waals surface area contributed by atoms with Crippen molar-refractivity contribution in [2.45, 2.75) is 25.3 Å². The van der Waals surface area contributed by atoms with E-state index in [9.17, 15) is 14.0 Å². The van der Waals surface area contributed by atoms with Crippen LogP contribution in [0.25, 0.3) is 0 Å². The molecule has 1 aliphatic carbocycles. The van der Waals surface area contributed by atoms with Crippen LogP contribution in [0.2, 0.25) is 0 Å². The second kappa shape index (κ2) is 6.00. The molecule has 1 fully saturated rings. The largest absolute Gasteiger partial charge is 0.465 e. The Labute approximate surface area is 116 Å². The molecule has 0 aromatic heterocycles. The van der Waals surface area contributed by atoms with Gasteiger partial charge in [0.25, 0.3) is 0 Å². The van der Waals surface area contributed by atoms with Gasteiger partial charge in [-0.3, -0.25) is 4.79 Å². The molecule has 1 atom stereocenters. The fourth-order valence-electron chi connectivity index (χ4n) is 1.97. The molecule has 0 spiro atoms. The number of hydrogen-bond acceptors (Lipinski definition) is 4. The maximum atomic E-state index is 13.6. The molecule has 0 saturated heterocycles. The van der Waals surface area contributed by atoms with E-state index >= 15 is 0 Å². The summed E-state index contributed by atoms with van der Waals surface area (Å²) in [6.45, 7) is 0. The number of halogens is 1. The molecule has 1 aromatic carbocycles. The summed E-state index contributed by atoms with van der Waals surface area (Å²) in [6, 6.07) is 3.47. The lowest BCUT2D eigenvalue weighted by molar-refractivity contribution is -0.116. The maximum absolute atomic E-state index is 13.6. The lowest BCUT2D eigenvalue weighted by atomic mass is 10.1. The molecule has 108 valence electrons. The number of carbonyl (C=O) groups excluding carboxylic acids is 2. The van der Waals surface area contributed by atoms with Crippen molar-refractivity contribution in [1.82, 2.24) is 0 Å². The molecule has 1 saturated carbocycles. The van der Waals surface area contributed by atoms with Gasteiger partial charge in [-0.15, -0.1) is 0 Å². The minimum Gasteiger partial charge on any atom is -0.465 e. The second-order valence-corrected chi connectivity index (χ2v) is 4.94. The standard InChI is InChI=1S/C14H17FN2O3/c1-20-14(19)9-4-5-10(15)12(6-9)17-13(18)7-11(16)8-2-3-8/h4-6,8,11H,2-3,7,16H2,1H3,(H,17,18). The van der Waals surface area contributed by atoms with Gasteiger partial charge in [0.05, 0.1) is 18.4 Å². The SMILES string of the molecule is COC(=O)c1ccc(F)c(NC(=O)CC(N)C2CC2)c1. The van der Waals surface area contributed by atoms with Crippen LogP contribution in [0.5, 0.6) is 0 Å². The van der Waals surface area contributed by atoms with E-state index in [1.165, 1.54) is 19.2 Å². The first-order valence-electron chi connectivity index (χ1n) is 6.44. The second-order valence-electron chi connectivity index (χ2n) is 4.94. The fraction of sp³-hybridized carbons (Fsp3) is 0.429. The van der Waals surface area contributed by atoms with Crippen molar-refractivity contribution in [1.29, 1.82) is 0 Å². The van der Waals surface area contributed by atoms with E-state index in [1.54, 1.807) is 0 Å². The maximum Gasteiger partial charge on any atom is 0.337 e. The highest BCUT2D eigenvalue weighted by molar-refractivity contribution is 5.94. The van der Waals surface area contributed by atoms with Gasteiger partial charge < -0.3 is 15.8 Å². The number of nitrogens with one attached hydrogen (secondary N) is 1. The summed E-state index contributed by atoms with van der Waals surface area (Å²) in [4.78, 5) is 23.1. The molecule has 3 N–H and O–H groups in total. The quantitative estimate of drug-likeness (QED) is 0.804. The molecule has 2 rings (SSSR count). The number of esters is 1. The summed E-state index contributed by atoms with van der Waals surface area (Å²) in [7, 11) is 1.23. The zero-order valence-corrected chi connectivity index (χ0v) is 11.2. The Kier molecular flexibility index (Phi) is 4.34. The first kappa shape index (κ1) is 14.5. The summed E-state index contributed by atoms with van der Waals surface area (Å²) in [5, 5.41) is 2.44. The Morgan fingerprint density at radius 2 is 2.20 bits per heavy atom. The number of hydrogen-bond donors (Lipinski definition) is 2. The van der Waals surface area contributed by atoms with Crippen molar-refractivity contribution in [2.75, 3.05) is 12.4 Å². The van der Waals surface area contributed by atoms with Crippen molar-refractivity contribution < 1.29 is 18.7 Å². The summed E-state index contributed by atoms with van der Waals surface area (Å²) >= 11 is 0. The van der Waals surface area contributed by atoms with Gasteiger partial charge >= 0.3 is 5.97 Å². The molecular formula is C14H17FN2O3. The monoisotopic (exact) mass is 280 g/mol. The molecule has 20 heavy (non-hydrogen) atoms. The first-order chi connectivity index (χ1) is 9.51. The minimum absolute atomic E-state index is 0.0408. The molecule has 1 amide bonds. The fourth-order valence-corrected chi connectivity index (χ4v) is 1.97. The Morgan fingerprint density at radius 1 is 1.50 bits per heavy atom. The summed E-state index contributed by atoms with van der Waals surface area (Å²) in [5.41, 5.74) is 5.98. The number of methoxy groups -OCH3 is 1.